The van der Waals surface area contributed by atoms with Gasteiger partial charge in [-0.25, -0.2) is 4.98 Å². The summed E-state index contributed by atoms with van der Waals surface area (Å²) in [5.41, 5.74) is 0.824. The van der Waals surface area contributed by atoms with Crippen LogP contribution in [0.2, 0.25) is 4.34 Å². The van der Waals surface area contributed by atoms with E-state index in [9.17, 15) is 0 Å². The average molecular weight is 247 g/mol. The molecule has 0 atom stereocenters. The Morgan fingerprint density at radius 3 is 3.07 bits per heavy atom. The molecule has 2 aromatic heterocycles. The lowest BCUT2D eigenvalue weighted by Gasteiger charge is -1.98. The fourth-order valence-electron chi connectivity index (χ4n) is 0.907. The lowest BCUT2D eigenvalue weighted by molar-refractivity contribution is 0.789. The molecule has 74 valence electrons. The first kappa shape index (κ1) is 9.95. The van der Waals surface area contributed by atoms with Crippen LogP contribution < -0.4 is 0 Å². The van der Waals surface area contributed by atoms with Crippen LogP contribution in [0.4, 0.5) is 0 Å². The van der Waals surface area contributed by atoms with Crippen molar-refractivity contribution >= 4 is 34.9 Å². The van der Waals surface area contributed by atoms with Crippen molar-refractivity contribution in [3.8, 4) is 0 Å². The monoisotopic (exact) mass is 246 g/mol. The lowest BCUT2D eigenvalue weighted by atomic mass is 10.6. The molecule has 2 rings (SSSR count). The van der Waals surface area contributed by atoms with Gasteiger partial charge in [0.15, 0.2) is 5.16 Å². The predicted molar refractivity (Wildman–Crippen MR) is 57.7 cm³/mol. The zero-order valence-corrected chi connectivity index (χ0v) is 9.73. The van der Waals surface area contributed by atoms with Crippen LogP contribution in [0.3, 0.4) is 0 Å². The molecule has 7 heteroatoms. The summed E-state index contributed by atoms with van der Waals surface area (Å²) in [6.07, 6.45) is 3.67. The Morgan fingerprint density at radius 1 is 1.64 bits per heavy atom. The van der Waals surface area contributed by atoms with E-state index in [1.54, 1.807) is 18.0 Å². The molecule has 2 heterocycles. The van der Waals surface area contributed by atoms with Gasteiger partial charge in [0.05, 0.1) is 0 Å². The predicted octanol–water partition coefficient (Wildman–Crippen LogP) is 2.22. The van der Waals surface area contributed by atoms with E-state index in [0.717, 1.165) is 10.9 Å². The van der Waals surface area contributed by atoms with E-state index in [4.69, 9.17) is 11.6 Å². The van der Waals surface area contributed by atoms with Gasteiger partial charge in [-0.1, -0.05) is 27.9 Å². The van der Waals surface area contributed by atoms with Crippen LogP contribution >= 0.6 is 34.9 Å². The van der Waals surface area contributed by atoms with E-state index in [2.05, 4.69) is 14.6 Å². The van der Waals surface area contributed by atoms with E-state index in [-0.39, 0.29) is 0 Å². The van der Waals surface area contributed by atoms with Gasteiger partial charge in [0.2, 0.25) is 0 Å². The maximum Gasteiger partial charge on any atom is 0.168 e. The van der Waals surface area contributed by atoms with Crippen molar-refractivity contribution in [2.45, 2.75) is 10.9 Å². The molecule has 0 unspecified atom stereocenters. The van der Waals surface area contributed by atoms with Crippen molar-refractivity contribution in [1.82, 2.24) is 19.1 Å². The molecule has 0 N–H and O–H groups in total. The van der Waals surface area contributed by atoms with Gasteiger partial charge in [0.1, 0.15) is 10.0 Å². The molecular formula is C7H7ClN4S2. The molecule has 0 saturated heterocycles. The Kier molecular flexibility index (Phi) is 3.05. The van der Waals surface area contributed by atoms with E-state index >= 15 is 0 Å². The lowest BCUT2D eigenvalue weighted by Crippen LogP contribution is -1.90. The number of imidazole rings is 1. The smallest absolute Gasteiger partial charge is 0.168 e. The topological polar surface area (TPSA) is 43.6 Å². The molecular weight excluding hydrogens is 240 g/mol. The molecule has 14 heavy (non-hydrogen) atoms. The number of thioether (sulfide) groups is 1. The first-order valence-corrected chi connectivity index (χ1v) is 5.98. The number of halogens is 1. The molecule has 0 aromatic carbocycles. The van der Waals surface area contributed by atoms with Gasteiger partial charge in [0, 0.05) is 36.7 Å². The fourth-order valence-corrected chi connectivity index (χ4v) is 2.57. The number of rotatable bonds is 3. The molecule has 0 aliphatic carbocycles. The highest BCUT2D eigenvalue weighted by Crippen LogP contribution is 2.25. The molecule has 0 radical (unpaired) electrons. The highest BCUT2D eigenvalue weighted by atomic mass is 35.5. The summed E-state index contributed by atoms with van der Waals surface area (Å²) in [5.74, 6) is 0.709. The summed E-state index contributed by atoms with van der Waals surface area (Å²) in [7, 11) is 1.95. The molecule has 0 fully saturated rings. The van der Waals surface area contributed by atoms with E-state index < -0.39 is 0 Å². The summed E-state index contributed by atoms with van der Waals surface area (Å²) in [4.78, 5) is 4.18. The molecule has 0 amide bonds. The maximum atomic E-state index is 5.87. The van der Waals surface area contributed by atoms with Crippen LogP contribution in [0, 0.1) is 0 Å². The summed E-state index contributed by atoms with van der Waals surface area (Å²) in [5, 5.41) is 4.88. The minimum absolute atomic E-state index is 0.659. The van der Waals surface area contributed by atoms with Crippen molar-refractivity contribution in [3.63, 3.8) is 0 Å². The standard InChI is InChI=1S/C7H7ClN4S2/c1-12-3-2-9-7(12)13-4-5-6(8)14-11-10-5/h2-3H,4H2,1H3. The molecule has 0 aliphatic heterocycles. The van der Waals surface area contributed by atoms with E-state index in [1.807, 2.05) is 17.8 Å². The highest BCUT2D eigenvalue weighted by Gasteiger charge is 2.07. The zero-order valence-electron chi connectivity index (χ0n) is 7.35. The summed E-state index contributed by atoms with van der Waals surface area (Å²) < 4.78 is 6.38. The van der Waals surface area contributed by atoms with Crippen LogP contribution in [0.5, 0.6) is 0 Å². The number of aryl methyl sites for hydroxylation is 1. The third-order valence-electron chi connectivity index (χ3n) is 1.62. The number of nitrogens with zero attached hydrogens (tertiary/aromatic N) is 4. The van der Waals surface area contributed by atoms with Gasteiger partial charge in [-0.3, -0.25) is 0 Å². The van der Waals surface area contributed by atoms with Crippen molar-refractivity contribution < 1.29 is 0 Å². The van der Waals surface area contributed by atoms with Crippen LogP contribution in [0.15, 0.2) is 17.6 Å². The van der Waals surface area contributed by atoms with Gasteiger partial charge < -0.3 is 4.57 Å². The second-order valence-electron chi connectivity index (χ2n) is 2.60. The van der Waals surface area contributed by atoms with Gasteiger partial charge in [-0.15, -0.1) is 5.10 Å². The van der Waals surface area contributed by atoms with Gasteiger partial charge >= 0.3 is 0 Å². The molecule has 0 bridgehead atoms. The van der Waals surface area contributed by atoms with Crippen molar-refractivity contribution in [2.75, 3.05) is 0 Å². The molecule has 0 spiro atoms. The number of aromatic nitrogens is 4. The minimum Gasteiger partial charge on any atom is -0.329 e. The number of hydrogen-bond donors (Lipinski definition) is 0. The normalized spacial score (nSPS) is 10.7. The van der Waals surface area contributed by atoms with Gasteiger partial charge in [0.25, 0.3) is 0 Å². The van der Waals surface area contributed by atoms with Crippen molar-refractivity contribution in [1.29, 1.82) is 0 Å². The minimum atomic E-state index is 0.659. The van der Waals surface area contributed by atoms with Crippen molar-refractivity contribution in [2.24, 2.45) is 7.05 Å². The Labute approximate surface area is 94.5 Å². The Bertz CT molecular complexity index is 385. The summed E-state index contributed by atoms with van der Waals surface area (Å²) in [6.45, 7) is 0. The van der Waals surface area contributed by atoms with E-state index in [1.165, 1.54) is 11.5 Å². The van der Waals surface area contributed by atoms with Crippen molar-refractivity contribution in [3.05, 3.63) is 22.4 Å². The second-order valence-corrected chi connectivity index (χ2v) is 4.90. The molecule has 2 aromatic rings. The van der Waals surface area contributed by atoms with Gasteiger partial charge in [-0.05, 0) is 0 Å². The van der Waals surface area contributed by atoms with Crippen LogP contribution in [0.25, 0.3) is 0 Å². The zero-order chi connectivity index (χ0) is 9.97. The summed E-state index contributed by atoms with van der Waals surface area (Å²) in [6, 6.07) is 0. The van der Waals surface area contributed by atoms with Gasteiger partial charge in [-0.2, -0.15) is 0 Å². The number of hydrogen-bond acceptors (Lipinski definition) is 5. The first-order chi connectivity index (χ1) is 6.77. The first-order valence-electron chi connectivity index (χ1n) is 3.84. The molecule has 0 saturated carbocycles. The second kappa shape index (κ2) is 4.29. The molecule has 4 nitrogen and oxygen atoms in total. The highest BCUT2D eigenvalue weighted by molar-refractivity contribution is 7.98. The van der Waals surface area contributed by atoms with Crippen LogP contribution in [-0.4, -0.2) is 19.1 Å². The van der Waals surface area contributed by atoms with Crippen LogP contribution in [0.1, 0.15) is 5.69 Å². The SMILES string of the molecule is Cn1ccnc1SCc1nnsc1Cl. The maximum absolute atomic E-state index is 5.87. The Morgan fingerprint density at radius 2 is 2.50 bits per heavy atom. The Hall–Kier alpha value is -0.590. The largest absolute Gasteiger partial charge is 0.329 e. The van der Waals surface area contributed by atoms with E-state index in [0.29, 0.717) is 10.1 Å². The third kappa shape index (κ3) is 2.08. The Balaban J connectivity index is 2.02. The summed E-state index contributed by atoms with van der Waals surface area (Å²) >= 11 is 8.68. The third-order valence-corrected chi connectivity index (χ3v) is 3.68. The quantitative estimate of drug-likeness (QED) is 0.779. The van der Waals surface area contributed by atoms with Crippen LogP contribution in [-0.2, 0) is 12.8 Å². The molecule has 0 aliphatic rings. The fraction of sp³-hybridized carbons (Fsp3) is 0.286. The average Bonchev–Trinajstić information content (AvgIpc) is 2.72.